The van der Waals surface area contributed by atoms with Crippen LogP contribution in [0.4, 0.5) is 0 Å². The van der Waals surface area contributed by atoms with Crippen molar-refractivity contribution in [1.29, 1.82) is 0 Å². The van der Waals surface area contributed by atoms with E-state index in [4.69, 9.17) is 75.8 Å². The summed E-state index contributed by atoms with van der Waals surface area (Å²) >= 11 is 0. The first-order chi connectivity index (χ1) is 36.3. The highest BCUT2D eigenvalue weighted by atomic mass is 16.8. The summed E-state index contributed by atoms with van der Waals surface area (Å²) in [6, 6.07) is 0. The van der Waals surface area contributed by atoms with Crippen molar-refractivity contribution in [1.82, 2.24) is 0 Å². The van der Waals surface area contributed by atoms with Crippen LogP contribution >= 0.6 is 0 Å². The fourth-order valence-corrected chi connectivity index (χ4v) is 15.8. The van der Waals surface area contributed by atoms with Crippen LogP contribution in [0.5, 0.6) is 0 Å². The molecule has 436 valence electrons. The van der Waals surface area contributed by atoms with Gasteiger partial charge in [0.2, 0.25) is 0 Å². The maximum atomic E-state index is 13.4. The predicted octanol–water partition coefficient (Wildman–Crippen LogP) is 3.42. The number of carbonyl (C=O) groups is 1. The van der Waals surface area contributed by atoms with Gasteiger partial charge in [0, 0.05) is 78.8 Å². The summed E-state index contributed by atoms with van der Waals surface area (Å²) in [7, 11) is 6.50. The van der Waals surface area contributed by atoms with Crippen molar-refractivity contribution < 1.29 is 101 Å². The van der Waals surface area contributed by atoms with Crippen LogP contribution in [0, 0.1) is 28.6 Å². The van der Waals surface area contributed by atoms with Gasteiger partial charge in [-0.2, -0.15) is 0 Å². The molecule has 21 heteroatoms. The van der Waals surface area contributed by atoms with Gasteiger partial charge in [0.1, 0.15) is 54.6 Å². The molecular formula is C55H90O21. The minimum Gasteiger partial charge on any atom is -0.394 e. The first kappa shape index (κ1) is 58.1. The van der Waals surface area contributed by atoms with Crippen molar-refractivity contribution in [2.75, 3.05) is 35.0 Å². The Morgan fingerprint density at radius 3 is 1.51 bits per heavy atom. The quantitative estimate of drug-likeness (QED) is 0.172. The van der Waals surface area contributed by atoms with Crippen LogP contribution in [0.1, 0.15) is 126 Å². The standard InChI is InChI=1S/C55H90O21/c1-25-32-12-13-39(57)54(32,7)40-23-38-53(6)16-15-31(18-30(53)14-17-55(38,75-25)76-40)69-41-19-33(61-8)48(26(2)65-41)71-42-20-34(62-9)49(27(3)66-42)72-43-21-35(63-10)50(28(4)67-43)73-44-22-36(64-11)51(29(5)68-44)74-52-47(60)46(59)45(58)37(24-56)70-52/h25-38,40-52,56,58-60H,12-24H2,1-11H3/t25?,26-,27-,28-,29-,30?,31+,32-,33+,34+,35-,36-,37-,38-,40?,41+,42+,43+,44+,45-,46+,47-,48-,49-,50-,51-,52+,53+,54-,55+/m1/s1. The molecule has 3 saturated carbocycles. The summed E-state index contributed by atoms with van der Waals surface area (Å²) < 4.78 is 102. The van der Waals surface area contributed by atoms with Gasteiger partial charge in [-0.05, 0) is 91.4 Å². The van der Waals surface area contributed by atoms with E-state index in [1.165, 1.54) is 7.11 Å². The van der Waals surface area contributed by atoms with Gasteiger partial charge in [-0.3, -0.25) is 4.79 Å². The Morgan fingerprint density at radius 1 is 0.539 bits per heavy atom. The number of fused-ring (bicyclic) bond motifs is 5. The zero-order valence-electron chi connectivity index (χ0n) is 46.5. The third kappa shape index (κ3) is 10.7. The summed E-state index contributed by atoms with van der Waals surface area (Å²) in [6.07, 6.45) is -7.00. The van der Waals surface area contributed by atoms with Gasteiger partial charge >= 0.3 is 0 Å². The molecule has 4 N–H and O–H groups in total. The first-order valence-electron chi connectivity index (χ1n) is 28.5. The lowest BCUT2D eigenvalue weighted by Crippen LogP contribution is -2.62. The predicted molar refractivity (Wildman–Crippen MR) is 264 cm³/mol. The molecule has 0 radical (unpaired) electrons. The van der Waals surface area contributed by atoms with Gasteiger partial charge < -0.3 is 96.2 Å². The summed E-state index contributed by atoms with van der Waals surface area (Å²) in [5.41, 5.74) is -0.454. The summed E-state index contributed by atoms with van der Waals surface area (Å²) in [5.74, 6) is 0.623. The van der Waals surface area contributed by atoms with E-state index in [1.54, 1.807) is 28.3 Å². The SMILES string of the molecule is CO[C@H]1C[C@H](O[C@H]2CC[C@@]3(C)C(CC[C@@]45OC(C)[C@H]6CCC(=O)[C@]6(C)C(C[C@@H]43)O5)C2)O[C@H](C)[C@H]1O[C@H]1C[C@H](OC)[C@H](O[C@H]2C[C@@H](OC)[C@H](O[C@H]3C[C@@H](OC)[C@H](O[C@@H]4O[C@H](CO)[C@@H](O)[C@H](O)[C@H]4O)[C@@H](C)O3)[C@@H](C)O2)[C@@H](C)O1. The molecule has 10 fully saturated rings. The lowest BCUT2D eigenvalue weighted by atomic mass is 9.52. The lowest BCUT2D eigenvalue weighted by molar-refractivity contribution is -0.359. The maximum absolute atomic E-state index is 13.4. The summed E-state index contributed by atoms with van der Waals surface area (Å²) in [5, 5.41) is 40.8. The van der Waals surface area contributed by atoms with E-state index in [2.05, 4.69) is 20.8 Å². The molecule has 0 aromatic rings. The third-order valence-corrected chi connectivity index (χ3v) is 20.2. The molecule has 21 nitrogen and oxygen atoms in total. The number of aliphatic hydroxyl groups is 4. The molecule has 10 rings (SSSR count). The highest BCUT2D eigenvalue weighted by Gasteiger charge is 2.70. The number of rotatable bonds is 15. The largest absolute Gasteiger partial charge is 0.394 e. The fourth-order valence-electron chi connectivity index (χ4n) is 15.8. The second-order valence-electron chi connectivity index (χ2n) is 24.4. The van der Waals surface area contributed by atoms with E-state index in [9.17, 15) is 25.2 Å². The van der Waals surface area contributed by atoms with Gasteiger partial charge in [0.25, 0.3) is 0 Å². The molecule has 10 aliphatic rings. The second kappa shape index (κ2) is 23.3. The number of ketones is 1. The molecule has 7 saturated heterocycles. The van der Waals surface area contributed by atoms with Crippen LogP contribution in [-0.2, 0) is 80.6 Å². The molecule has 30 atom stereocenters. The molecule has 1 spiro atoms. The van der Waals surface area contributed by atoms with Crippen LogP contribution in [0.15, 0.2) is 0 Å². The zero-order valence-corrected chi connectivity index (χ0v) is 46.5. The molecule has 7 aliphatic heterocycles. The number of hydrogen-bond donors (Lipinski definition) is 4. The topological polar surface area (TPSA) is 246 Å². The van der Waals surface area contributed by atoms with Gasteiger partial charge in [-0.1, -0.05) is 6.92 Å². The highest BCUT2D eigenvalue weighted by Crippen LogP contribution is 2.67. The number of methoxy groups -OCH3 is 4. The normalized spacial score (nSPS) is 54.6. The minimum absolute atomic E-state index is 0.00865. The molecule has 2 bridgehead atoms. The van der Waals surface area contributed by atoms with E-state index in [-0.39, 0.29) is 54.2 Å². The molecular weight excluding hydrogens is 997 g/mol. The molecule has 76 heavy (non-hydrogen) atoms. The van der Waals surface area contributed by atoms with Gasteiger partial charge in [-0.25, -0.2) is 0 Å². The van der Waals surface area contributed by atoms with Gasteiger partial charge in [0.05, 0.1) is 79.2 Å². The van der Waals surface area contributed by atoms with E-state index < -0.39 is 135 Å². The molecule has 3 aliphatic carbocycles. The maximum Gasteiger partial charge on any atom is 0.187 e. The van der Waals surface area contributed by atoms with Crippen molar-refractivity contribution >= 4 is 5.78 Å². The van der Waals surface area contributed by atoms with Crippen molar-refractivity contribution in [2.24, 2.45) is 28.6 Å². The van der Waals surface area contributed by atoms with Gasteiger partial charge in [-0.15, -0.1) is 0 Å². The minimum atomic E-state index is -1.59. The van der Waals surface area contributed by atoms with Crippen LogP contribution in [0.25, 0.3) is 0 Å². The van der Waals surface area contributed by atoms with Crippen LogP contribution < -0.4 is 0 Å². The highest BCUT2D eigenvalue weighted by molar-refractivity contribution is 5.88. The zero-order chi connectivity index (χ0) is 54.2. The van der Waals surface area contributed by atoms with Crippen LogP contribution in [-0.4, -0.2) is 214 Å². The van der Waals surface area contributed by atoms with Crippen molar-refractivity contribution in [2.45, 2.75) is 279 Å². The number of Topliss-reactive ketones (excluding diaryl/α,β-unsaturated/α-hetero) is 1. The summed E-state index contributed by atoms with van der Waals surface area (Å²) in [4.78, 5) is 13.4. The van der Waals surface area contributed by atoms with E-state index >= 15 is 0 Å². The molecule has 0 aromatic carbocycles. The Hall–Kier alpha value is -1.13. The van der Waals surface area contributed by atoms with Crippen molar-refractivity contribution in [3.63, 3.8) is 0 Å². The Bertz CT molecular complexity index is 1950. The average molecular weight is 1090 g/mol. The van der Waals surface area contributed by atoms with Crippen LogP contribution in [0.3, 0.4) is 0 Å². The Morgan fingerprint density at radius 2 is 1.03 bits per heavy atom. The number of aliphatic hydroxyl groups excluding tert-OH is 4. The van der Waals surface area contributed by atoms with E-state index in [0.717, 1.165) is 44.9 Å². The Labute approximate surface area is 448 Å². The molecule has 0 amide bonds. The number of hydrogen-bond acceptors (Lipinski definition) is 21. The molecule has 3 unspecified atom stereocenters. The number of ether oxygens (including phenoxy) is 16. The second-order valence-corrected chi connectivity index (χ2v) is 24.4. The average Bonchev–Trinajstić information content (AvgIpc) is 4.02. The lowest BCUT2D eigenvalue weighted by Gasteiger charge is -2.57. The fraction of sp³-hybridized carbons (Fsp3) is 0.982. The van der Waals surface area contributed by atoms with Crippen molar-refractivity contribution in [3.8, 4) is 0 Å². The summed E-state index contributed by atoms with van der Waals surface area (Å²) in [6.45, 7) is 13.8. The molecule has 7 heterocycles. The smallest absolute Gasteiger partial charge is 0.187 e. The van der Waals surface area contributed by atoms with Gasteiger partial charge in [0.15, 0.2) is 37.2 Å². The Balaban J connectivity index is 0.692. The molecule has 0 aromatic heterocycles. The van der Waals surface area contributed by atoms with Crippen molar-refractivity contribution in [3.05, 3.63) is 0 Å². The van der Waals surface area contributed by atoms with Crippen LogP contribution in [0.2, 0.25) is 0 Å². The first-order valence-corrected chi connectivity index (χ1v) is 28.5. The van der Waals surface area contributed by atoms with E-state index in [0.29, 0.717) is 37.4 Å². The monoisotopic (exact) mass is 1090 g/mol. The third-order valence-electron chi connectivity index (χ3n) is 20.2. The number of carbonyl (C=O) groups excluding carboxylic acids is 1. The van der Waals surface area contributed by atoms with E-state index in [1.807, 2.05) is 20.8 Å². The Kier molecular flexibility index (Phi) is 17.8.